The maximum absolute atomic E-state index is 5.02. The van der Waals surface area contributed by atoms with Gasteiger partial charge in [0, 0.05) is 0 Å². The summed E-state index contributed by atoms with van der Waals surface area (Å²) in [5, 5.41) is 0. The molecule has 10 heavy (non-hydrogen) atoms. The van der Waals surface area contributed by atoms with Gasteiger partial charge in [-0.1, -0.05) is 0 Å². The Kier molecular flexibility index (Phi) is 3.23. The van der Waals surface area contributed by atoms with Crippen molar-refractivity contribution in [1.29, 1.82) is 0 Å². The Balaban J connectivity index is 2.96. The summed E-state index contributed by atoms with van der Waals surface area (Å²) < 4.78 is 6.19. The predicted molar refractivity (Wildman–Crippen MR) is 41.9 cm³/mol. The van der Waals surface area contributed by atoms with E-state index in [1.54, 1.807) is 13.3 Å². The van der Waals surface area contributed by atoms with Crippen LogP contribution in [0.3, 0.4) is 0 Å². The van der Waals surface area contributed by atoms with E-state index >= 15 is 0 Å². The van der Waals surface area contributed by atoms with Crippen LogP contribution in [0, 0.1) is 0 Å². The number of ether oxygens (including phenoxy) is 1. The molecule has 0 saturated heterocycles. The maximum atomic E-state index is 5.02. The second kappa shape index (κ2) is 3.99. The van der Waals surface area contributed by atoms with Crippen LogP contribution in [-0.4, -0.2) is 39.4 Å². The van der Waals surface area contributed by atoms with Crippen molar-refractivity contribution in [2.75, 3.05) is 7.11 Å². The molecule has 0 spiro atoms. The molecule has 4 heteroatoms. The molecular formula is C6H6NOSe2. The van der Waals surface area contributed by atoms with Crippen LogP contribution in [0.2, 0.25) is 0 Å². The molecule has 1 radical (unpaired) electrons. The van der Waals surface area contributed by atoms with E-state index in [4.69, 9.17) is 4.74 Å². The monoisotopic (exact) mass is 268 g/mol. The van der Waals surface area contributed by atoms with Crippen LogP contribution in [0.15, 0.2) is 18.3 Å². The molecule has 1 rings (SSSR count). The van der Waals surface area contributed by atoms with Crippen LogP contribution in [-0.2, 0) is 0 Å². The normalized spacial score (nSPS) is 9.40. The van der Waals surface area contributed by atoms with Crippen molar-refractivity contribution in [3.63, 3.8) is 0 Å². The van der Waals surface area contributed by atoms with E-state index in [2.05, 4.69) is 19.2 Å². The van der Waals surface area contributed by atoms with E-state index in [0.29, 0.717) is 13.1 Å². The van der Waals surface area contributed by atoms with Gasteiger partial charge in [0.1, 0.15) is 0 Å². The standard InChI is InChI=1S/C6H6NOSe2/c1-8-6-5(10-9)3-2-4-7-6/h2-4H,1H3. The summed E-state index contributed by atoms with van der Waals surface area (Å²) in [6.07, 6.45) is 1.73. The SMILES string of the molecule is COc1ncccc1[Se][Se]. The molecule has 0 aliphatic carbocycles. The molecule has 0 unspecified atom stereocenters. The summed E-state index contributed by atoms with van der Waals surface area (Å²) >= 11 is 3.32. The summed E-state index contributed by atoms with van der Waals surface area (Å²) in [4.78, 5) is 4.04. The first kappa shape index (κ1) is 8.09. The van der Waals surface area contributed by atoms with Gasteiger partial charge in [0.05, 0.1) is 0 Å². The molecule has 1 aromatic rings. The molecule has 53 valence electrons. The van der Waals surface area contributed by atoms with E-state index in [0.717, 1.165) is 10.3 Å². The van der Waals surface area contributed by atoms with Gasteiger partial charge in [-0.3, -0.25) is 0 Å². The first-order valence-electron chi connectivity index (χ1n) is 2.67. The van der Waals surface area contributed by atoms with E-state index in [1.165, 1.54) is 0 Å². The minimum atomic E-state index is 0.347. The molecule has 0 saturated carbocycles. The van der Waals surface area contributed by atoms with Crippen molar-refractivity contribution >= 4 is 31.8 Å². The first-order valence-corrected chi connectivity index (χ1v) is 7.86. The zero-order chi connectivity index (χ0) is 7.40. The van der Waals surface area contributed by atoms with Gasteiger partial charge in [0.25, 0.3) is 0 Å². The molecule has 0 N–H and O–H groups in total. The first-order chi connectivity index (χ1) is 4.88. The van der Waals surface area contributed by atoms with Crippen LogP contribution in [0.4, 0.5) is 0 Å². The molecular weight excluding hydrogens is 260 g/mol. The van der Waals surface area contributed by atoms with Crippen molar-refractivity contribution in [2.45, 2.75) is 0 Å². The molecule has 1 aromatic heterocycles. The van der Waals surface area contributed by atoms with Crippen molar-refractivity contribution in [3.05, 3.63) is 18.3 Å². The average molecular weight is 266 g/mol. The summed E-state index contributed by atoms with van der Waals surface area (Å²) in [6, 6.07) is 3.93. The van der Waals surface area contributed by atoms with E-state index in [9.17, 15) is 0 Å². The molecule has 0 fully saturated rings. The third-order valence-corrected chi connectivity index (χ3v) is 4.01. The zero-order valence-electron chi connectivity index (χ0n) is 5.40. The number of aromatic nitrogens is 1. The van der Waals surface area contributed by atoms with Gasteiger partial charge in [0.15, 0.2) is 0 Å². The third kappa shape index (κ3) is 1.74. The Morgan fingerprint density at radius 3 is 3.00 bits per heavy atom. The van der Waals surface area contributed by atoms with Gasteiger partial charge in [-0.2, -0.15) is 0 Å². The predicted octanol–water partition coefficient (Wildman–Crippen LogP) is -0.497. The molecule has 1 heterocycles. The Morgan fingerprint density at radius 2 is 2.50 bits per heavy atom. The van der Waals surface area contributed by atoms with E-state index < -0.39 is 0 Å². The quantitative estimate of drug-likeness (QED) is 0.673. The van der Waals surface area contributed by atoms with Crippen molar-refractivity contribution < 1.29 is 4.74 Å². The zero-order valence-corrected chi connectivity index (χ0v) is 8.83. The molecule has 0 atom stereocenters. The van der Waals surface area contributed by atoms with Crippen LogP contribution in [0.1, 0.15) is 0 Å². The summed E-state index contributed by atoms with van der Waals surface area (Å²) in [6.45, 7) is 0. The third-order valence-electron chi connectivity index (χ3n) is 1.02. The van der Waals surface area contributed by atoms with Crippen LogP contribution in [0.5, 0.6) is 5.88 Å². The fourth-order valence-electron chi connectivity index (χ4n) is 0.593. The van der Waals surface area contributed by atoms with Gasteiger partial charge in [0.2, 0.25) is 0 Å². The van der Waals surface area contributed by atoms with Crippen LogP contribution < -0.4 is 9.20 Å². The van der Waals surface area contributed by atoms with Gasteiger partial charge in [-0.15, -0.1) is 0 Å². The fourth-order valence-corrected chi connectivity index (χ4v) is 2.69. The molecule has 0 aliphatic rings. The Labute approximate surface area is 72.9 Å². The number of hydrogen-bond acceptors (Lipinski definition) is 2. The molecule has 2 nitrogen and oxygen atoms in total. The second-order valence-electron chi connectivity index (χ2n) is 1.59. The van der Waals surface area contributed by atoms with E-state index in [1.807, 2.05) is 12.1 Å². The molecule has 0 aromatic carbocycles. The van der Waals surface area contributed by atoms with Gasteiger partial charge in [-0.25, -0.2) is 0 Å². The summed E-state index contributed by atoms with van der Waals surface area (Å²) in [7, 11) is 1.64. The Bertz CT molecular complexity index is 194. The van der Waals surface area contributed by atoms with Gasteiger partial charge < -0.3 is 0 Å². The number of rotatable bonds is 2. The van der Waals surface area contributed by atoms with Crippen molar-refractivity contribution in [1.82, 2.24) is 4.98 Å². The minimum absolute atomic E-state index is 0.347. The Hall–Kier alpha value is -0.0110. The fraction of sp³-hybridized carbons (Fsp3) is 0.167. The Morgan fingerprint density at radius 1 is 1.70 bits per heavy atom. The molecule has 0 amide bonds. The number of hydrogen-bond donors (Lipinski definition) is 0. The number of methoxy groups -OCH3 is 1. The number of pyridine rings is 1. The number of nitrogens with zero attached hydrogens (tertiary/aromatic N) is 1. The second-order valence-corrected chi connectivity index (χ2v) is 4.68. The van der Waals surface area contributed by atoms with Crippen molar-refractivity contribution in [3.8, 4) is 5.88 Å². The molecule has 0 bridgehead atoms. The van der Waals surface area contributed by atoms with Crippen LogP contribution in [0.25, 0.3) is 0 Å². The van der Waals surface area contributed by atoms with Gasteiger partial charge >= 0.3 is 72.8 Å². The van der Waals surface area contributed by atoms with Crippen molar-refractivity contribution in [2.24, 2.45) is 0 Å². The topological polar surface area (TPSA) is 22.1 Å². The average Bonchev–Trinajstić information content (AvgIpc) is 2.04. The van der Waals surface area contributed by atoms with Gasteiger partial charge in [-0.05, 0) is 0 Å². The van der Waals surface area contributed by atoms with Crippen LogP contribution >= 0.6 is 0 Å². The summed E-state index contributed by atoms with van der Waals surface area (Å²) in [5.74, 6) is 0.737. The molecule has 0 aliphatic heterocycles. The summed E-state index contributed by atoms with van der Waals surface area (Å²) in [5.41, 5.74) is 0. The van der Waals surface area contributed by atoms with E-state index in [-0.39, 0.29) is 0 Å².